The first-order valence-corrected chi connectivity index (χ1v) is 6.62. The van der Waals surface area contributed by atoms with Gasteiger partial charge in [-0.2, -0.15) is 0 Å². The van der Waals surface area contributed by atoms with Crippen molar-refractivity contribution in [2.75, 3.05) is 6.61 Å². The van der Waals surface area contributed by atoms with Crippen LogP contribution in [0.15, 0.2) is 54.6 Å². The molecule has 2 nitrogen and oxygen atoms in total. The van der Waals surface area contributed by atoms with Gasteiger partial charge in [-0.1, -0.05) is 56.3 Å². The minimum Gasteiger partial charge on any atom is -0.491 e. The van der Waals surface area contributed by atoms with Crippen molar-refractivity contribution in [3.63, 3.8) is 0 Å². The van der Waals surface area contributed by atoms with E-state index in [1.165, 1.54) is 5.56 Å². The summed E-state index contributed by atoms with van der Waals surface area (Å²) in [4.78, 5) is 0. The van der Waals surface area contributed by atoms with Crippen LogP contribution in [0.1, 0.15) is 37.0 Å². The Morgan fingerprint density at radius 2 is 1.63 bits per heavy atom. The molecule has 2 aromatic carbocycles. The number of aliphatic hydroxyl groups excluding tert-OH is 1. The Morgan fingerprint density at radius 1 is 0.947 bits per heavy atom. The Balaban J connectivity index is 1.97. The van der Waals surface area contributed by atoms with Gasteiger partial charge in [0.1, 0.15) is 18.5 Å². The molecule has 2 aromatic rings. The molecule has 0 amide bonds. The monoisotopic (exact) mass is 256 g/mol. The molecule has 0 spiro atoms. The average molecular weight is 256 g/mol. The Kier molecular flexibility index (Phi) is 4.58. The van der Waals surface area contributed by atoms with Crippen LogP contribution >= 0.6 is 0 Å². The van der Waals surface area contributed by atoms with Crippen LogP contribution in [0.5, 0.6) is 5.75 Å². The minimum atomic E-state index is -0.594. The van der Waals surface area contributed by atoms with E-state index in [2.05, 4.69) is 19.9 Å². The molecular formula is C17H20O2. The first-order valence-electron chi connectivity index (χ1n) is 6.62. The summed E-state index contributed by atoms with van der Waals surface area (Å²) in [5.74, 6) is 1.28. The third-order valence-corrected chi connectivity index (χ3v) is 3.12. The molecule has 2 heteroatoms. The average Bonchev–Trinajstić information content (AvgIpc) is 2.46. The lowest BCUT2D eigenvalue weighted by atomic mass is 10.0. The van der Waals surface area contributed by atoms with Crippen LogP contribution in [-0.4, -0.2) is 11.7 Å². The summed E-state index contributed by atoms with van der Waals surface area (Å²) >= 11 is 0. The molecule has 19 heavy (non-hydrogen) atoms. The van der Waals surface area contributed by atoms with E-state index in [9.17, 15) is 5.11 Å². The Bertz CT molecular complexity index is 506. The molecule has 0 aromatic heterocycles. The van der Waals surface area contributed by atoms with E-state index in [4.69, 9.17) is 4.74 Å². The van der Waals surface area contributed by atoms with Gasteiger partial charge in [-0.05, 0) is 29.2 Å². The van der Waals surface area contributed by atoms with Gasteiger partial charge in [0.05, 0.1) is 0 Å². The van der Waals surface area contributed by atoms with Gasteiger partial charge in [0.15, 0.2) is 0 Å². The summed E-state index contributed by atoms with van der Waals surface area (Å²) in [7, 11) is 0. The van der Waals surface area contributed by atoms with Crippen LogP contribution in [-0.2, 0) is 0 Å². The van der Waals surface area contributed by atoms with Gasteiger partial charge >= 0.3 is 0 Å². The molecule has 0 aliphatic carbocycles. The number of aliphatic hydroxyl groups is 1. The predicted molar refractivity (Wildman–Crippen MR) is 77.4 cm³/mol. The molecule has 0 saturated carbocycles. The van der Waals surface area contributed by atoms with Gasteiger partial charge in [-0.25, -0.2) is 0 Å². The molecule has 0 aliphatic rings. The van der Waals surface area contributed by atoms with Crippen molar-refractivity contribution in [2.45, 2.75) is 25.9 Å². The van der Waals surface area contributed by atoms with Crippen LogP contribution in [0.4, 0.5) is 0 Å². The highest BCUT2D eigenvalue weighted by Crippen LogP contribution is 2.21. The van der Waals surface area contributed by atoms with Crippen LogP contribution in [0, 0.1) is 0 Å². The first kappa shape index (κ1) is 13.6. The van der Waals surface area contributed by atoms with Crippen molar-refractivity contribution < 1.29 is 9.84 Å². The van der Waals surface area contributed by atoms with Crippen molar-refractivity contribution in [1.29, 1.82) is 0 Å². The number of hydrogen-bond acceptors (Lipinski definition) is 2. The third kappa shape index (κ3) is 3.83. The van der Waals surface area contributed by atoms with E-state index in [1.54, 1.807) is 0 Å². The van der Waals surface area contributed by atoms with Crippen molar-refractivity contribution in [3.8, 4) is 5.75 Å². The second kappa shape index (κ2) is 6.39. The molecule has 0 saturated heterocycles. The zero-order valence-electron chi connectivity index (χ0n) is 11.4. The van der Waals surface area contributed by atoms with E-state index in [-0.39, 0.29) is 6.61 Å². The molecule has 0 aliphatic heterocycles. The number of ether oxygens (including phenoxy) is 1. The number of benzene rings is 2. The van der Waals surface area contributed by atoms with Gasteiger partial charge in [0, 0.05) is 0 Å². The van der Waals surface area contributed by atoms with Crippen molar-refractivity contribution in [1.82, 2.24) is 0 Å². The standard InChI is InChI=1S/C17H20O2/c1-13(2)15-9-6-10-16(11-15)19-12-17(18)14-7-4-3-5-8-14/h3-11,13,17-18H,12H2,1-2H3. The molecule has 0 bridgehead atoms. The first-order chi connectivity index (χ1) is 9.16. The van der Waals surface area contributed by atoms with E-state index >= 15 is 0 Å². The second-order valence-corrected chi connectivity index (χ2v) is 4.96. The summed E-state index contributed by atoms with van der Waals surface area (Å²) < 4.78 is 5.66. The van der Waals surface area contributed by atoms with Gasteiger partial charge in [-0.3, -0.25) is 0 Å². The molecule has 0 heterocycles. The Hall–Kier alpha value is -1.80. The van der Waals surface area contributed by atoms with Crippen molar-refractivity contribution in [3.05, 3.63) is 65.7 Å². The normalized spacial score (nSPS) is 12.4. The third-order valence-electron chi connectivity index (χ3n) is 3.12. The zero-order valence-corrected chi connectivity index (χ0v) is 11.4. The predicted octanol–water partition coefficient (Wildman–Crippen LogP) is 3.92. The number of hydrogen-bond donors (Lipinski definition) is 1. The lowest BCUT2D eigenvalue weighted by molar-refractivity contribution is 0.108. The molecule has 100 valence electrons. The minimum absolute atomic E-state index is 0.269. The molecule has 1 N–H and O–H groups in total. The highest BCUT2D eigenvalue weighted by Gasteiger charge is 2.08. The van der Waals surface area contributed by atoms with E-state index in [0.717, 1.165) is 11.3 Å². The molecule has 0 radical (unpaired) electrons. The SMILES string of the molecule is CC(C)c1cccc(OCC(O)c2ccccc2)c1. The van der Waals surface area contributed by atoms with E-state index < -0.39 is 6.10 Å². The van der Waals surface area contributed by atoms with Gasteiger partial charge in [0.2, 0.25) is 0 Å². The highest BCUT2D eigenvalue weighted by atomic mass is 16.5. The molecule has 0 fully saturated rings. The Labute approximate surface area is 114 Å². The van der Waals surface area contributed by atoms with Crippen molar-refractivity contribution in [2.24, 2.45) is 0 Å². The molecule has 2 rings (SSSR count). The number of rotatable bonds is 5. The maximum atomic E-state index is 10.0. The maximum absolute atomic E-state index is 10.0. The summed E-state index contributed by atoms with van der Waals surface area (Å²) in [6.45, 7) is 4.57. The van der Waals surface area contributed by atoms with Crippen molar-refractivity contribution >= 4 is 0 Å². The van der Waals surface area contributed by atoms with Crippen LogP contribution < -0.4 is 4.74 Å². The summed E-state index contributed by atoms with van der Waals surface area (Å²) in [5, 5.41) is 10.0. The van der Waals surface area contributed by atoms with E-state index in [0.29, 0.717) is 5.92 Å². The fourth-order valence-corrected chi connectivity index (χ4v) is 1.91. The maximum Gasteiger partial charge on any atom is 0.119 e. The zero-order chi connectivity index (χ0) is 13.7. The van der Waals surface area contributed by atoms with Gasteiger partial charge < -0.3 is 9.84 Å². The second-order valence-electron chi connectivity index (χ2n) is 4.96. The lowest BCUT2D eigenvalue weighted by Gasteiger charge is -2.14. The van der Waals surface area contributed by atoms with Gasteiger partial charge in [0.25, 0.3) is 0 Å². The van der Waals surface area contributed by atoms with Crippen LogP contribution in [0.2, 0.25) is 0 Å². The smallest absolute Gasteiger partial charge is 0.119 e. The lowest BCUT2D eigenvalue weighted by Crippen LogP contribution is -2.09. The fraction of sp³-hybridized carbons (Fsp3) is 0.294. The summed E-state index contributed by atoms with van der Waals surface area (Å²) in [6.07, 6.45) is -0.594. The molecular weight excluding hydrogens is 236 g/mol. The molecule has 1 atom stereocenters. The quantitative estimate of drug-likeness (QED) is 0.878. The highest BCUT2D eigenvalue weighted by molar-refractivity contribution is 5.30. The Morgan fingerprint density at radius 3 is 2.32 bits per heavy atom. The van der Waals surface area contributed by atoms with Crippen LogP contribution in [0.25, 0.3) is 0 Å². The van der Waals surface area contributed by atoms with E-state index in [1.807, 2.05) is 48.5 Å². The summed E-state index contributed by atoms with van der Waals surface area (Å²) in [6, 6.07) is 17.6. The fourth-order valence-electron chi connectivity index (χ4n) is 1.91. The van der Waals surface area contributed by atoms with Crippen LogP contribution in [0.3, 0.4) is 0 Å². The topological polar surface area (TPSA) is 29.5 Å². The molecule has 1 unspecified atom stereocenters. The largest absolute Gasteiger partial charge is 0.491 e. The summed E-state index contributed by atoms with van der Waals surface area (Å²) in [5.41, 5.74) is 2.12. The van der Waals surface area contributed by atoms with Gasteiger partial charge in [-0.15, -0.1) is 0 Å².